The largest absolute Gasteiger partial charge is 0.377 e. The van der Waals surface area contributed by atoms with Crippen LogP contribution in [-0.4, -0.2) is 12.4 Å². The van der Waals surface area contributed by atoms with Crippen molar-refractivity contribution in [1.82, 2.24) is 0 Å². The average molecular weight is 232 g/mol. The van der Waals surface area contributed by atoms with Gasteiger partial charge in [-0.15, -0.1) is 6.58 Å². The Hall–Kier alpha value is -1.41. The molecule has 1 rings (SSSR count). The molecule has 2 heteroatoms. The fourth-order valence-corrected chi connectivity index (χ4v) is 1.67. The summed E-state index contributed by atoms with van der Waals surface area (Å²) in [6.45, 7) is 6.65. The van der Waals surface area contributed by atoms with Gasteiger partial charge in [0.1, 0.15) is 5.78 Å². The number of allylic oxidation sites excluding steroid dienone is 1. The van der Waals surface area contributed by atoms with Crippen LogP contribution in [-0.2, 0) is 16.1 Å². The number of hydrogen-bond donors (Lipinski definition) is 0. The summed E-state index contributed by atoms with van der Waals surface area (Å²) in [7, 11) is 0. The number of rotatable bonds is 8. The quantitative estimate of drug-likeness (QED) is 0.507. The first-order chi connectivity index (χ1) is 8.22. The molecule has 1 aromatic carbocycles. The van der Waals surface area contributed by atoms with Crippen molar-refractivity contribution in [1.29, 1.82) is 0 Å². The minimum absolute atomic E-state index is 0.206. The standard InChI is InChI=1S/C15H20O2/c1-3-14(11-13(2)16)9-10-17-12-15-7-5-4-6-8-15/h3-8,14H,1,9-12H2,2H3/t14-/m1/s1. The second-order valence-electron chi connectivity index (χ2n) is 4.23. The fourth-order valence-electron chi connectivity index (χ4n) is 1.67. The Morgan fingerprint density at radius 3 is 2.71 bits per heavy atom. The van der Waals surface area contributed by atoms with E-state index in [0.717, 1.165) is 6.42 Å². The highest BCUT2D eigenvalue weighted by atomic mass is 16.5. The smallest absolute Gasteiger partial charge is 0.130 e. The van der Waals surface area contributed by atoms with Crippen LogP contribution in [0.5, 0.6) is 0 Å². The molecule has 0 aliphatic rings. The molecule has 0 saturated heterocycles. The Balaban J connectivity index is 2.19. The SMILES string of the molecule is C=C[C@H](CCOCc1ccccc1)CC(C)=O. The number of carbonyl (C=O) groups excluding carboxylic acids is 1. The summed E-state index contributed by atoms with van der Waals surface area (Å²) in [6.07, 6.45) is 3.27. The molecule has 1 atom stereocenters. The summed E-state index contributed by atoms with van der Waals surface area (Å²) in [5.41, 5.74) is 1.18. The Bertz CT molecular complexity index is 343. The molecule has 0 aliphatic carbocycles. The van der Waals surface area contributed by atoms with Gasteiger partial charge in [0.05, 0.1) is 6.61 Å². The van der Waals surface area contributed by atoms with Crippen LogP contribution < -0.4 is 0 Å². The molecule has 2 nitrogen and oxygen atoms in total. The molecular formula is C15H20O2. The van der Waals surface area contributed by atoms with Crippen LogP contribution in [0.1, 0.15) is 25.3 Å². The fraction of sp³-hybridized carbons (Fsp3) is 0.400. The van der Waals surface area contributed by atoms with Gasteiger partial charge in [-0.2, -0.15) is 0 Å². The molecule has 0 aliphatic heterocycles. The third-order valence-corrected chi connectivity index (χ3v) is 2.63. The summed E-state index contributed by atoms with van der Waals surface area (Å²) in [5, 5.41) is 0. The van der Waals surface area contributed by atoms with E-state index >= 15 is 0 Å². The second kappa shape index (κ2) is 7.80. The number of carbonyl (C=O) groups is 1. The molecule has 17 heavy (non-hydrogen) atoms. The predicted octanol–water partition coefficient (Wildman–Crippen LogP) is 3.37. The van der Waals surface area contributed by atoms with E-state index in [0.29, 0.717) is 19.6 Å². The van der Waals surface area contributed by atoms with Gasteiger partial charge in [-0.25, -0.2) is 0 Å². The zero-order chi connectivity index (χ0) is 12.5. The van der Waals surface area contributed by atoms with Gasteiger partial charge in [-0.05, 0) is 24.8 Å². The van der Waals surface area contributed by atoms with Crippen molar-refractivity contribution in [3.05, 3.63) is 48.6 Å². The topological polar surface area (TPSA) is 26.3 Å². The third kappa shape index (κ3) is 6.03. The van der Waals surface area contributed by atoms with E-state index in [1.165, 1.54) is 5.56 Å². The molecule has 92 valence electrons. The Morgan fingerprint density at radius 1 is 1.41 bits per heavy atom. The Morgan fingerprint density at radius 2 is 2.12 bits per heavy atom. The number of benzene rings is 1. The van der Waals surface area contributed by atoms with Crippen LogP contribution in [0.25, 0.3) is 0 Å². The molecule has 1 aromatic rings. The summed E-state index contributed by atoms with van der Waals surface area (Å²) >= 11 is 0. The summed E-state index contributed by atoms with van der Waals surface area (Å²) in [4.78, 5) is 11.0. The first kappa shape index (κ1) is 13.7. The Kier molecular flexibility index (Phi) is 6.26. The highest BCUT2D eigenvalue weighted by molar-refractivity contribution is 5.75. The van der Waals surface area contributed by atoms with E-state index in [-0.39, 0.29) is 11.7 Å². The lowest BCUT2D eigenvalue weighted by atomic mass is 10.00. The lowest BCUT2D eigenvalue weighted by Crippen LogP contribution is -2.07. The molecule has 0 saturated carbocycles. The van der Waals surface area contributed by atoms with Gasteiger partial charge >= 0.3 is 0 Å². The summed E-state index contributed by atoms with van der Waals surface area (Å²) in [5.74, 6) is 0.446. The summed E-state index contributed by atoms with van der Waals surface area (Å²) < 4.78 is 5.57. The minimum atomic E-state index is 0.206. The first-order valence-electron chi connectivity index (χ1n) is 5.96. The molecule has 0 aromatic heterocycles. The molecule has 0 spiro atoms. The molecule has 0 N–H and O–H groups in total. The normalized spacial score (nSPS) is 12.1. The Labute approximate surface area is 103 Å². The maximum Gasteiger partial charge on any atom is 0.130 e. The van der Waals surface area contributed by atoms with E-state index in [1.807, 2.05) is 36.4 Å². The molecule has 0 amide bonds. The van der Waals surface area contributed by atoms with Gasteiger partial charge in [0.25, 0.3) is 0 Å². The van der Waals surface area contributed by atoms with Crippen LogP contribution in [0.3, 0.4) is 0 Å². The highest BCUT2D eigenvalue weighted by Gasteiger charge is 2.06. The van der Waals surface area contributed by atoms with Crippen molar-refractivity contribution < 1.29 is 9.53 Å². The van der Waals surface area contributed by atoms with Gasteiger partial charge in [0.15, 0.2) is 0 Å². The van der Waals surface area contributed by atoms with Gasteiger partial charge in [0, 0.05) is 13.0 Å². The van der Waals surface area contributed by atoms with Crippen LogP contribution in [0.4, 0.5) is 0 Å². The molecule has 0 radical (unpaired) electrons. The summed E-state index contributed by atoms with van der Waals surface area (Å²) in [6, 6.07) is 10.1. The molecule has 0 unspecified atom stereocenters. The van der Waals surface area contributed by atoms with Crippen molar-refractivity contribution in [2.75, 3.05) is 6.61 Å². The number of hydrogen-bond acceptors (Lipinski definition) is 2. The number of ketones is 1. The van der Waals surface area contributed by atoms with Crippen LogP contribution in [0, 0.1) is 5.92 Å². The number of ether oxygens (including phenoxy) is 1. The zero-order valence-electron chi connectivity index (χ0n) is 10.4. The van der Waals surface area contributed by atoms with Gasteiger partial charge in [-0.1, -0.05) is 36.4 Å². The van der Waals surface area contributed by atoms with E-state index in [1.54, 1.807) is 6.92 Å². The van der Waals surface area contributed by atoms with Gasteiger partial charge in [0.2, 0.25) is 0 Å². The van der Waals surface area contributed by atoms with E-state index in [4.69, 9.17) is 4.74 Å². The lowest BCUT2D eigenvalue weighted by molar-refractivity contribution is -0.117. The highest BCUT2D eigenvalue weighted by Crippen LogP contribution is 2.11. The van der Waals surface area contributed by atoms with E-state index in [2.05, 4.69) is 6.58 Å². The van der Waals surface area contributed by atoms with Crippen molar-refractivity contribution in [3.8, 4) is 0 Å². The van der Waals surface area contributed by atoms with Gasteiger partial charge in [-0.3, -0.25) is 0 Å². The van der Waals surface area contributed by atoms with Gasteiger partial charge < -0.3 is 9.53 Å². The van der Waals surface area contributed by atoms with Crippen LogP contribution in [0.15, 0.2) is 43.0 Å². The molecule has 0 heterocycles. The van der Waals surface area contributed by atoms with E-state index in [9.17, 15) is 4.79 Å². The van der Waals surface area contributed by atoms with Crippen LogP contribution in [0.2, 0.25) is 0 Å². The number of Topliss-reactive ketones (excluding diaryl/α,β-unsaturated/α-hetero) is 1. The maximum atomic E-state index is 11.0. The second-order valence-corrected chi connectivity index (χ2v) is 4.23. The monoisotopic (exact) mass is 232 g/mol. The third-order valence-electron chi connectivity index (χ3n) is 2.63. The maximum absolute atomic E-state index is 11.0. The molecular weight excluding hydrogens is 212 g/mol. The van der Waals surface area contributed by atoms with Crippen LogP contribution >= 0.6 is 0 Å². The zero-order valence-corrected chi connectivity index (χ0v) is 10.4. The molecule has 0 fully saturated rings. The molecule has 0 bridgehead atoms. The van der Waals surface area contributed by atoms with Crippen molar-refractivity contribution in [2.24, 2.45) is 5.92 Å². The van der Waals surface area contributed by atoms with Crippen molar-refractivity contribution in [2.45, 2.75) is 26.4 Å². The van der Waals surface area contributed by atoms with E-state index < -0.39 is 0 Å². The predicted molar refractivity (Wildman–Crippen MR) is 69.7 cm³/mol. The lowest BCUT2D eigenvalue weighted by Gasteiger charge is -2.10. The first-order valence-corrected chi connectivity index (χ1v) is 5.96. The average Bonchev–Trinajstić information content (AvgIpc) is 2.34. The van der Waals surface area contributed by atoms with Crippen molar-refractivity contribution in [3.63, 3.8) is 0 Å². The van der Waals surface area contributed by atoms with Crippen molar-refractivity contribution >= 4 is 5.78 Å². The minimum Gasteiger partial charge on any atom is -0.377 e.